The fourth-order valence-corrected chi connectivity index (χ4v) is 16.1. The van der Waals surface area contributed by atoms with Crippen molar-refractivity contribution in [3.63, 3.8) is 0 Å². The molecule has 4 heteroatoms. The first-order valence-corrected chi connectivity index (χ1v) is 22.6. The Morgan fingerprint density at radius 2 is 0.800 bits per heavy atom. The first-order chi connectivity index (χ1) is 27.2. The summed E-state index contributed by atoms with van der Waals surface area (Å²) < 4.78 is 15.3. The van der Waals surface area contributed by atoms with Gasteiger partial charge >= 0.3 is 16.6 Å². The number of fused-ring (bicyclic) bond motifs is 3. The highest BCUT2D eigenvalue weighted by molar-refractivity contribution is 7.08. The topological polar surface area (TPSA) is 18.5 Å². The zero-order chi connectivity index (χ0) is 37.1. The van der Waals surface area contributed by atoms with Crippen molar-refractivity contribution >= 4 is 53.8 Å². The van der Waals surface area contributed by atoms with Gasteiger partial charge in [0.15, 0.2) is 0 Å². The first-order valence-electron chi connectivity index (χ1n) is 18.8. The molecule has 8 aromatic rings. The molecular weight excluding hydrogens is 701 g/mol. The van der Waals surface area contributed by atoms with Gasteiger partial charge in [-0.15, -0.1) is 0 Å². The molecule has 0 N–H and O–H groups in total. The Morgan fingerprint density at radius 3 is 1.18 bits per heavy atom. The fraction of sp³-hybridized carbons (Fsp3) is 0.0196. The monoisotopic (exact) mass is 740 g/mol. The molecule has 0 saturated carbocycles. The molecule has 55 heavy (non-hydrogen) atoms. The summed E-state index contributed by atoms with van der Waals surface area (Å²) in [6.45, 7) is 4.33. The van der Waals surface area contributed by atoms with Gasteiger partial charge in [-0.3, -0.25) is 0 Å². The third-order valence-electron chi connectivity index (χ3n) is 10.8. The van der Waals surface area contributed by atoms with Crippen LogP contribution in [-0.4, -0.2) is 16.6 Å². The van der Waals surface area contributed by atoms with Crippen molar-refractivity contribution in [2.75, 3.05) is 0 Å². The maximum atomic E-state index is 7.68. The van der Waals surface area contributed by atoms with Gasteiger partial charge < -0.3 is 8.85 Å². The second kappa shape index (κ2) is 14.8. The van der Waals surface area contributed by atoms with Crippen molar-refractivity contribution < 1.29 is 8.85 Å². The predicted molar refractivity (Wildman–Crippen MR) is 234 cm³/mol. The SMILES string of the molecule is C=Cc1cc(O[Si](c2ccccc2)(c2ccccc2)c2ccccc2)cc2c1-c1cccc(O[Si](c3ccccc3)(c3ccccc3)c3ccccc3)c1C2. The Bertz CT molecular complexity index is 2370. The van der Waals surface area contributed by atoms with E-state index >= 15 is 0 Å². The molecule has 0 unspecified atom stereocenters. The summed E-state index contributed by atoms with van der Waals surface area (Å²) in [4.78, 5) is 0. The van der Waals surface area contributed by atoms with Crippen molar-refractivity contribution in [3.8, 4) is 22.6 Å². The Labute approximate surface area is 325 Å². The van der Waals surface area contributed by atoms with Crippen molar-refractivity contribution in [1.29, 1.82) is 0 Å². The standard InChI is InChI=1S/C51H40O2Si2/c1-2-39-36-41(52-54(42-22-9-3-10-23-42,43-24-11-4-12-25-43)44-26-13-5-14-27-44)37-40-38-49-48(51(39)40)34-21-35-50(49)53-55(45-28-15-6-16-29-45,46-30-17-7-18-31-46)47-32-19-8-20-33-47/h2-37H,1,38H2. The van der Waals surface area contributed by atoms with E-state index in [1.807, 2.05) is 6.08 Å². The minimum atomic E-state index is -3.03. The summed E-state index contributed by atoms with van der Waals surface area (Å²) in [7, 11) is -6.05. The van der Waals surface area contributed by atoms with Crippen LogP contribution < -0.4 is 40.0 Å². The molecule has 264 valence electrons. The predicted octanol–water partition coefficient (Wildman–Crippen LogP) is 7.99. The Morgan fingerprint density at radius 1 is 0.418 bits per heavy atom. The quantitative estimate of drug-likeness (QED) is 0.0990. The summed E-state index contributed by atoms with van der Waals surface area (Å²) in [5.74, 6) is 1.75. The van der Waals surface area contributed by atoms with E-state index in [0.29, 0.717) is 0 Å². The lowest BCUT2D eigenvalue weighted by Crippen LogP contribution is -2.71. The van der Waals surface area contributed by atoms with Gasteiger partial charge in [-0.25, -0.2) is 0 Å². The molecule has 0 atom stereocenters. The van der Waals surface area contributed by atoms with Crippen LogP contribution in [0.25, 0.3) is 17.2 Å². The zero-order valence-electron chi connectivity index (χ0n) is 30.5. The molecule has 1 aliphatic carbocycles. The molecule has 0 amide bonds. The largest absolute Gasteiger partial charge is 0.530 e. The minimum Gasteiger partial charge on any atom is -0.530 e. The summed E-state index contributed by atoms with van der Waals surface area (Å²) in [6, 6.07) is 75.6. The van der Waals surface area contributed by atoms with Gasteiger partial charge in [0.05, 0.1) is 0 Å². The molecule has 0 spiro atoms. The molecule has 0 radical (unpaired) electrons. The number of hydrogen-bond donors (Lipinski definition) is 0. The molecular formula is C51H40O2Si2. The minimum absolute atomic E-state index is 0.721. The number of benzene rings is 8. The second-order valence-corrected chi connectivity index (χ2v) is 20.6. The molecule has 0 fully saturated rings. The molecule has 8 aromatic carbocycles. The highest BCUT2D eigenvalue weighted by Gasteiger charge is 2.46. The van der Waals surface area contributed by atoms with Crippen molar-refractivity contribution in [2.24, 2.45) is 0 Å². The van der Waals surface area contributed by atoms with Crippen LogP contribution in [0.15, 0.2) is 219 Å². The Kier molecular flexibility index (Phi) is 9.20. The van der Waals surface area contributed by atoms with Gasteiger partial charge in [-0.2, -0.15) is 0 Å². The fourth-order valence-electron chi connectivity index (χ4n) is 8.38. The molecule has 0 saturated heterocycles. The molecule has 0 bridgehead atoms. The van der Waals surface area contributed by atoms with E-state index in [1.165, 1.54) is 53.4 Å². The van der Waals surface area contributed by atoms with Crippen LogP contribution in [0.5, 0.6) is 11.5 Å². The van der Waals surface area contributed by atoms with Gasteiger partial charge in [0.25, 0.3) is 0 Å². The van der Waals surface area contributed by atoms with Crippen molar-refractivity contribution in [1.82, 2.24) is 0 Å². The van der Waals surface area contributed by atoms with E-state index in [-0.39, 0.29) is 0 Å². The Hall–Kier alpha value is -6.47. The number of rotatable bonds is 11. The highest BCUT2D eigenvalue weighted by atomic mass is 28.4. The van der Waals surface area contributed by atoms with Crippen LogP contribution >= 0.6 is 0 Å². The lowest BCUT2D eigenvalue weighted by Gasteiger charge is -2.34. The lowest BCUT2D eigenvalue weighted by atomic mass is 9.99. The molecule has 2 nitrogen and oxygen atoms in total. The van der Waals surface area contributed by atoms with Crippen molar-refractivity contribution in [2.45, 2.75) is 6.42 Å². The van der Waals surface area contributed by atoms with Gasteiger partial charge in [0.2, 0.25) is 0 Å². The average Bonchev–Trinajstić information content (AvgIpc) is 3.66. The van der Waals surface area contributed by atoms with Crippen LogP contribution in [0.2, 0.25) is 0 Å². The summed E-state index contributed by atoms with van der Waals surface area (Å²) >= 11 is 0. The van der Waals surface area contributed by atoms with Crippen LogP contribution in [0.4, 0.5) is 0 Å². The third kappa shape index (κ3) is 6.06. The summed E-state index contributed by atoms with van der Waals surface area (Å²) in [5.41, 5.74) is 5.83. The maximum absolute atomic E-state index is 7.68. The normalized spacial score (nSPS) is 12.0. The maximum Gasteiger partial charge on any atom is 0.346 e. The Balaban J connectivity index is 1.19. The second-order valence-electron chi connectivity index (χ2n) is 14.0. The van der Waals surface area contributed by atoms with Crippen LogP contribution in [-0.2, 0) is 6.42 Å². The van der Waals surface area contributed by atoms with Crippen LogP contribution in [0.3, 0.4) is 0 Å². The van der Waals surface area contributed by atoms with Gasteiger partial charge in [0.1, 0.15) is 11.5 Å². The van der Waals surface area contributed by atoms with Gasteiger partial charge in [-0.1, -0.05) is 207 Å². The van der Waals surface area contributed by atoms with Crippen LogP contribution in [0.1, 0.15) is 16.7 Å². The summed E-state index contributed by atoms with van der Waals surface area (Å²) in [6.07, 6.45) is 2.69. The van der Waals surface area contributed by atoms with E-state index in [2.05, 4.69) is 219 Å². The smallest absolute Gasteiger partial charge is 0.346 e. The van der Waals surface area contributed by atoms with E-state index in [0.717, 1.165) is 23.5 Å². The average molecular weight is 741 g/mol. The number of hydrogen-bond acceptors (Lipinski definition) is 2. The van der Waals surface area contributed by atoms with Crippen LogP contribution in [0, 0.1) is 0 Å². The molecule has 9 rings (SSSR count). The van der Waals surface area contributed by atoms with Gasteiger partial charge in [0, 0.05) is 12.0 Å². The highest BCUT2D eigenvalue weighted by Crippen LogP contribution is 2.45. The zero-order valence-corrected chi connectivity index (χ0v) is 32.5. The third-order valence-corrected chi connectivity index (χ3v) is 18.8. The molecule has 0 heterocycles. The summed E-state index contributed by atoms with van der Waals surface area (Å²) in [5, 5.41) is 7.18. The van der Waals surface area contributed by atoms with E-state index in [1.54, 1.807) is 0 Å². The molecule has 0 aromatic heterocycles. The first kappa shape index (κ1) is 34.3. The molecule has 1 aliphatic rings. The van der Waals surface area contributed by atoms with Crippen molar-refractivity contribution in [3.05, 3.63) is 236 Å². The lowest BCUT2D eigenvalue weighted by molar-refractivity contribution is 0.570. The van der Waals surface area contributed by atoms with E-state index in [4.69, 9.17) is 8.85 Å². The van der Waals surface area contributed by atoms with E-state index in [9.17, 15) is 0 Å². The molecule has 0 aliphatic heterocycles. The van der Waals surface area contributed by atoms with E-state index < -0.39 is 16.6 Å². The van der Waals surface area contributed by atoms with Gasteiger partial charge in [-0.05, 0) is 71.6 Å².